The van der Waals surface area contributed by atoms with Crippen molar-refractivity contribution < 1.29 is 9.18 Å². The fraction of sp³-hybridized carbons (Fsp3) is 0.258. The number of amides is 1. The minimum Gasteiger partial charge on any atom is -0.354 e. The lowest BCUT2D eigenvalue weighted by Crippen LogP contribution is -2.45. The number of halogens is 1. The normalized spacial score (nSPS) is 15.4. The first-order valence-electron chi connectivity index (χ1n) is 12.9. The largest absolute Gasteiger partial charge is 0.354 e. The number of rotatable bonds is 8. The standard InChI is InChI=1S/C31H31FN4O/c32-28-15-13-26(14-16-28)29-17-18-30(34-33-29)35-20-7-12-27(23-35)31(37)36(22-25-10-5-2-6-11-25)21-19-24-8-3-1-4-9-24/h1-6,8-11,13-18,27H,7,12,19-23H2. The third kappa shape index (κ3) is 6.39. The van der Waals surface area contributed by atoms with Gasteiger partial charge in [0.1, 0.15) is 5.82 Å². The quantitative estimate of drug-likeness (QED) is 0.312. The Morgan fingerprint density at radius 3 is 2.24 bits per heavy atom. The highest BCUT2D eigenvalue weighted by Gasteiger charge is 2.30. The number of carbonyl (C=O) groups is 1. The van der Waals surface area contributed by atoms with Gasteiger partial charge < -0.3 is 9.80 Å². The molecule has 4 aromatic rings. The third-order valence-electron chi connectivity index (χ3n) is 6.93. The van der Waals surface area contributed by atoms with Gasteiger partial charge in [-0.2, -0.15) is 0 Å². The number of carbonyl (C=O) groups excluding carboxylic acids is 1. The minimum absolute atomic E-state index is 0.0909. The van der Waals surface area contributed by atoms with Crippen LogP contribution in [0.5, 0.6) is 0 Å². The topological polar surface area (TPSA) is 49.3 Å². The van der Waals surface area contributed by atoms with E-state index in [0.717, 1.165) is 42.8 Å². The van der Waals surface area contributed by atoms with E-state index in [9.17, 15) is 9.18 Å². The van der Waals surface area contributed by atoms with Crippen LogP contribution in [0.25, 0.3) is 11.3 Å². The molecule has 0 spiro atoms. The summed E-state index contributed by atoms with van der Waals surface area (Å²) in [6.45, 7) is 2.76. The average molecular weight is 495 g/mol. The Balaban J connectivity index is 1.28. The van der Waals surface area contributed by atoms with E-state index in [0.29, 0.717) is 25.3 Å². The van der Waals surface area contributed by atoms with E-state index in [1.54, 1.807) is 12.1 Å². The first-order valence-corrected chi connectivity index (χ1v) is 12.9. The molecule has 0 bridgehead atoms. The van der Waals surface area contributed by atoms with Gasteiger partial charge in [0.2, 0.25) is 5.91 Å². The van der Waals surface area contributed by atoms with Crippen molar-refractivity contribution >= 4 is 11.7 Å². The van der Waals surface area contributed by atoms with E-state index in [4.69, 9.17) is 0 Å². The maximum absolute atomic E-state index is 13.8. The van der Waals surface area contributed by atoms with Crippen LogP contribution in [0, 0.1) is 11.7 Å². The summed E-state index contributed by atoms with van der Waals surface area (Å²) in [7, 11) is 0. The fourth-order valence-corrected chi connectivity index (χ4v) is 4.89. The van der Waals surface area contributed by atoms with Crippen LogP contribution in [-0.4, -0.2) is 40.6 Å². The van der Waals surface area contributed by atoms with E-state index in [-0.39, 0.29) is 17.6 Å². The molecular weight excluding hydrogens is 463 g/mol. The van der Waals surface area contributed by atoms with E-state index in [1.165, 1.54) is 17.7 Å². The summed E-state index contributed by atoms with van der Waals surface area (Å²) in [5.74, 6) is 0.594. The Morgan fingerprint density at radius 1 is 0.865 bits per heavy atom. The van der Waals surface area contributed by atoms with E-state index >= 15 is 0 Å². The van der Waals surface area contributed by atoms with Gasteiger partial charge in [-0.1, -0.05) is 60.7 Å². The number of benzene rings is 3. The summed E-state index contributed by atoms with van der Waals surface area (Å²) in [5, 5.41) is 8.81. The molecule has 1 fully saturated rings. The molecule has 0 N–H and O–H groups in total. The van der Waals surface area contributed by atoms with Crippen LogP contribution in [0.1, 0.15) is 24.0 Å². The van der Waals surface area contributed by atoms with Gasteiger partial charge in [-0.25, -0.2) is 4.39 Å². The summed E-state index contributed by atoms with van der Waals surface area (Å²) >= 11 is 0. The van der Waals surface area contributed by atoms with Gasteiger partial charge in [-0.15, -0.1) is 10.2 Å². The van der Waals surface area contributed by atoms with Crippen molar-refractivity contribution in [3.8, 4) is 11.3 Å². The average Bonchev–Trinajstić information content (AvgIpc) is 2.96. The van der Waals surface area contributed by atoms with Gasteiger partial charge in [-0.3, -0.25) is 4.79 Å². The molecule has 5 rings (SSSR count). The zero-order valence-corrected chi connectivity index (χ0v) is 20.8. The molecule has 1 saturated heterocycles. The Hall–Kier alpha value is -4.06. The lowest BCUT2D eigenvalue weighted by Gasteiger charge is -2.35. The molecular formula is C31H31FN4O. The number of piperidine rings is 1. The van der Waals surface area contributed by atoms with Gasteiger partial charge in [0.05, 0.1) is 11.6 Å². The van der Waals surface area contributed by atoms with Crippen LogP contribution in [-0.2, 0) is 17.8 Å². The monoisotopic (exact) mass is 494 g/mol. The second-order valence-corrected chi connectivity index (χ2v) is 9.55. The molecule has 1 aromatic heterocycles. The van der Waals surface area contributed by atoms with Gasteiger partial charge in [0, 0.05) is 31.7 Å². The molecule has 0 saturated carbocycles. The Labute approximate surface area is 217 Å². The SMILES string of the molecule is O=C(C1CCCN(c2ccc(-c3ccc(F)cc3)nn2)C1)N(CCc1ccccc1)Cc1ccccc1. The lowest BCUT2D eigenvalue weighted by molar-refractivity contribution is -0.136. The zero-order valence-electron chi connectivity index (χ0n) is 20.8. The Morgan fingerprint density at radius 2 is 1.57 bits per heavy atom. The number of nitrogens with zero attached hydrogens (tertiary/aromatic N) is 4. The second kappa shape index (κ2) is 11.8. The van der Waals surface area contributed by atoms with Crippen molar-refractivity contribution in [2.45, 2.75) is 25.8 Å². The molecule has 6 heteroatoms. The third-order valence-corrected chi connectivity index (χ3v) is 6.93. The van der Waals surface area contributed by atoms with Crippen molar-refractivity contribution in [1.82, 2.24) is 15.1 Å². The molecule has 1 amide bonds. The maximum Gasteiger partial charge on any atom is 0.227 e. The smallest absolute Gasteiger partial charge is 0.227 e. The summed E-state index contributed by atoms with van der Waals surface area (Å²) < 4.78 is 13.3. The van der Waals surface area contributed by atoms with Crippen molar-refractivity contribution in [2.24, 2.45) is 5.92 Å². The highest BCUT2D eigenvalue weighted by Crippen LogP contribution is 2.25. The van der Waals surface area contributed by atoms with Gasteiger partial charge in [0.25, 0.3) is 0 Å². The second-order valence-electron chi connectivity index (χ2n) is 9.55. The summed E-state index contributed by atoms with van der Waals surface area (Å²) in [4.78, 5) is 18.0. The molecule has 37 heavy (non-hydrogen) atoms. The molecule has 5 nitrogen and oxygen atoms in total. The van der Waals surface area contributed by atoms with Gasteiger partial charge in [-0.05, 0) is 66.8 Å². The van der Waals surface area contributed by atoms with E-state index in [2.05, 4.69) is 39.4 Å². The maximum atomic E-state index is 13.8. The van der Waals surface area contributed by atoms with E-state index in [1.807, 2.05) is 53.4 Å². The van der Waals surface area contributed by atoms with Gasteiger partial charge in [0.15, 0.2) is 5.82 Å². The summed E-state index contributed by atoms with van der Waals surface area (Å²) in [6.07, 6.45) is 2.62. The molecule has 3 aromatic carbocycles. The highest BCUT2D eigenvalue weighted by molar-refractivity contribution is 5.80. The fourth-order valence-electron chi connectivity index (χ4n) is 4.89. The van der Waals surface area contributed by atoms with Crippen molar-refractivity contribution in [3.05, 3.63) is 114 Å². The van der Waals surface area contributed by atoms with Crippen LogP contribution in [0.3, 0.4) is 0 Å². The van der Waals surface area contributed by atoms with Gasteiger partial charge >= 0.3 is 0 Å². The molecule has 2 heterocycles. The Bertz CT molecular complexity index is 1280. The van der Waals surface area contributed by atoms with E-state index < -0.39 is 0 Å². The number of aromatic nitrogens is 2. The van der Waals surface area contributed by atoms with Crippen LogP contribution in [0.2, 0.25) is 0 Å². The Kier molecular flexibility index (Phi) is 7.84. The van der Waals surface area contributed by atoms with Crippen LogP contribution >= 0.6 is 0 Å². The first-order chi connectivity index (χ1) is 18.2. The van der Waals surface area contributed by atoms with Crippen molar-refractivity contribution in [1.29, 1.82) is 0 Å². The molecule has 1 atom stereocenters. The summed E-state index contributed by atoms with van der Waals surface area (Å²) in [5.41, 5.74) is 3.89. The predicted octanol–water partition coefficient (Wildman–Crippen LogP) is 5.77. The predicted molar refractivity (Wildman–Crippen MR) is 144 cm³/mol. The summed E-state index contributed by atoms with van der Waals surface area (Å²) in [6, 6.07) is 30.6. The number of anilines is 1. The van der Waals surface area contributed by atoms with Crippen molar-refractivity contribution in [2.75, 3.05) is 24.5 Å². The molecule has 1 unspecified atom stereocenters. The van der Waals surface area contributed by atoms with Crippen molar-refractivity contribution in [3.63, 3.8) is 0 Å². The highest BCUT2D eigenvalue weighted by atomic mass is 19.1. The molecule has 1 aliphatic rings. The first kappa shape index (κ1) is 24.6. The van der Waals surface area contributed by atoms with Crippen LogP contribution in [0.15, 0.2) is 97.1 Å². The molecule has 1 aliphatic heterocycles. The minimum atomic E-state index is -0.276. The molecule has 0 aliphatic carbocycles. The van der Waals surface area contributed by atoms with Crippen LogP contribution in [0.4, 0.5) is 10.2 Å². The number of hydrogen-bond donors (Lipinski definition) is 0. The molecule has 0 radical (unpaired) electrons. The lowest BCUT2D eigenvalue weighted by atomic mass is 9.96. The van der Waals surface area contributed by atoms with Crippen LogP contribution < -0.4 is 4.90 Å². The zero-order chi connectivity index (χ0) is 25.5. The molecule has 188 valence electrons. The number of hydrogen-bond acceptors (Lipinski definition) is 4.